The van der Waals surface area contributed by atoms with Crippen LogP contribution in [0.15, 0.2) is 28.8 Å². The van der Waals surface area contributed by atoms with Crippen LogP contribution < -0.4 is 11.1 Å². The average molecular weight is 221 g/mol. The van der Waals surface area contributed by atoms with E-state index in [0.29, 0.717) is 12.2 Å². The summed E-state index contributed by atoms with van der Waals surface area (Å²) in [5.41, 5.74) is 6.99. The molecule has 0 saturated carbocycles. The zero-order valence-corrected chi connectivity index (χ0v) is 8.83. The molecule has 2 rings (SSSR count). The van der Waals surface area contributed by atoms with Crippen molar-refractivity contribution in [2.24, 2.45) is 0 Å². The van der Waals surface area contributed by atoms with E-state index >= 15 is 0 Å². The van der Waals surface area contributed by atoms with E-state index in [1.165, 1.54) is 6.07 Å². The fraction of sp³-hybridized carbons (Fsp3) is 0.182. The van der Waals surface area contributed by atoms with E-state index in [1.54, 1.807) is 12.1 Å². The number of hydrogen-bond acceptors (Lipinski definition) is 4. The summed E-state index contributed by atoms with van der Waals surface area (Å²) in [6, 6.07) is 6.44. The van der Waals surface area contributed by atoms with Crippen molar-refractivity contribution in [1.29, 1.82) is 0 Å². The number of nitrogens with one attached hydrogen (secondary N) is 1. The predicted molar refractivity (Wildman–Crippen MR) is 59.4 cm³/mol. The van der Waals surface area contributed by atoms with Gasteiger partial charge in [0.05, 0.1) is 17.9 Å². The Morgan fingerprint density at radius 1 is 1.50 bits per heavy atom. The predicted octanol–water partition coefficient (Wildman–Crippen LogP) is 2.32. The minimum absolute atomic E-state index is 0.114. The van der Waals surface area contributed by atoms with Gasteiger partial charge in [0.25, 0.3) is 0 Å². The Labute approximate surface area is 92.2 Å². The second kappa shape index (κ2) is 4.22. The lowest BCUT2D eigenvalue weighted by molar-refractivity contribution is 0.391. The second-order valence-corrected chi connectivity index (χ2v) is 3.48. The molecule has 3 N–H and O–H groups in total. The highest BCUT2D eigenvalue weighted by atomic mass is 19.1. The molecule has 5 heteroatoms. The Kier molecular flexibility index (Phi) is 2.76. The minimum Gasteiger partial charge on any atom is -0.395 e. The maximum atomic E-state index is 13.1. The number of nitrogens with two attached hydrogens (primary N) is 1. The normalized spacial score (nSPS) is 10.4. The molecule has 0 amide bonds. The summed E-state index contributed by atoms with van der Waals surface area (Å²) in [7, 11) is 0. The Bertz CT molecular complexity index is 496. The molecule has 0 radical (unpaired) electrons. The van der Waals surface area contributed by atoms with E-state index in [9.17, 15) is 4.39 Å². The first kappa shape index (κ1) is 10.5. The minimum atomic E-state index is -0.429. The fourth-order valence-corrected chi connectivity index (χ4v) is 1.38. The molecule has 4 nitrogen and oxygen atoms in total. The van der Waals surface area contributed by atoms with Crippen LogP contribution in [0.25, 0.3) is 0 Å². The molecule has 0 fully saturated rings. The van der Waals surface area contributed by atoms with Crippen molar-refractivity contribution < 1.29 is 8.91 Å². The highest BCUT2D eigenvalue weighted by molar-refractivity contribution is 5.66. The third-order valence-electron chi connectivity index (χ3n) is 2.19. The van der Waals surface area contributed by atoms with E-state index in [-0.39, 0.29) is 5.69 Å². The van der Waals surface area contributed by atoms with Gasteiger partial charge < -0.3 is 15.6 Å². The number of rotatable bonds is 3. The third-order valence-corrected chi connectivity index (χ3v) is 2.19. The van der Waals surface area contributed by atoms with Crippen molar-refractivity contribution in [2.75, 3.05) is 11.1 Å². The molecule has 0 bridgehead atoms. The molecule has 1 aromatic heterocycles. The van der Waals surface area contributed by atoms with Gasteiger partial charge in [0.15, 0.2) is 0 Å². The standard InChI is InChI=1S/C11H12FN3O/c1-7-5-8(15-16-7)6-14-10-4-2-3-9(12)11(10)13/h2-5,14H,6,13H2,1H3. The van der Waals surface area contributed by atoms with Crippen molar-refractivity contribution in [1.82, 2.24) is 5.16 Å². The van der Waals surface area contributed by atoms with E-state index in [4.69, 9.17) is 10.3 Å². The number of para-hydroxylation sites is 1. The van der Waals surface area contributed by atoms with Crippen LogP contribution in [0.3, 0.4) is 0 Å². The Morgan fingerprint density at radius 2 is 2.31 bits per heavy atom. The molecule has 84 valence electrons. The van der Waals surface area contributed by atoms with Crippen LogP contribution >= 0.6 is 0 Å². The molecule has 0 atom stereocenters. The quantitative estimate of drug-likeness (QED) is 0.781. The maximum absolute atomic E-state index is 13.1. The van der Waals surface area contributed by atoms with Gasteiger partial charge in [-0.15, -0.1) is 0 Å². The van der Waals surface area contributed by atoms with Gasteiger partial charge in [-0.3, -0.25) is 0 Å². The van der Waals surface area contributed by atoms with Gasteiger partial charge >= 0.3 is 0 Å². The summed E-state index contributed by atoms with van der Waals surface area (Å²) >= 11 is 0. The van der Waals surface area contributed by atoms with Crippen molar-refractivity contribution in [3.05, 3.63) is 41.5 Å². The van der Waals surface area contributed by atoms with Crippen LogP contribution in [0.4, 0.5) is 15.8 Å². The molecular formula is C11H12FN3O. The Hall–Kier alpha value is -2.04. The number of nitrogens with zero attached hydrogens (tertiary/aromatic N) is 1. The van der Waals surface area contributed by atoms with Crippen LogP contribution in [-0.4, -0.2) is 5.16 Å². The SMILES string of the molecule is Cc1cc(CNc2cccc(F)c2N)no1. The Morgan fingerprint density at radius 3 is 3.00 bits per heavy atom. The van der Waals surface area contributed by atoms with Crippen molar-refractivity contribution in [3.63, 3.8) is 0 Å². The molecule has 0 aliphatic heterocycles. The van der Waals surface area contributed by atoms with Gasteiger partial charge in [-0.25, -0.2) is 4.39 Å². The van der Waals surface area contributed by atoms with Crippen LogP contribution in [0.5, 0.6) is 0 Å². The zero-order chi connectivity index (χ0) is 11.5. The third kappa shape index (κ3) is 2.13. The van der Waals surface area contributed by atoms with Crippen LogP contribution in [0.1, 0.15) is 11.5 Å². The van der Waals surface area contributed by atoms with Gasteiger partial charge in [-0.2, -0.15) is 0 Å². The van der Waals surface area contributed by atoms with Crippen molar-refractivity contribution in [3.8, 4) is 0 Å². The number of benzene rings is 1. The molecule has 0 saturated heterocycles. The monoisotopic (exact) mass is 221 g/mol. The van der Waals surface area contributed by atoms with E-state index < -0.39 is 5.82 Å². The van der Waals surface area contributed by atoms with Crippen LogP contribution in [-0.2, 0) is 6.54 Å². The van der Waals surface area contributed by atoms with Crippen molar-refractivity contribution >= 4 is 11.4 Å². The largest absolute Gasteiger partial charge is 0.395 e. The van der Waals surface area contributed by atoms with Gasteiger partial charge in [0.2, 0.25) is 0 Å². The fourth-order valence-electron chi connectivity index (χ4n) is 1.38. The first-order valence-electron chi connectivity index (χ1n) is 4.87. The topological polar surface area (TPSA) is 64.1 Å². The average Bonchev–Trinajstić information content (AvgIpc) is 2.67. The zero-order valence-electron chi connectivity index (χ0n) is 8.83. The molecule has 16 heavy (non-hydrogen) atoms. The highest BCUT2D eigenvalue weighted by Gasteiger charge is 2.05. The van der Waals surface area contributed by atoms with Gasteiger partial charge in [-0.05, 0) is 19.1 Å². The summed E-state index contributed by atoms with van der Waals surface area (Å²) < 4.78 is 18.0. The summed E-state index contributed by atoms with van der Waals surface area (Å²) in [5.74, 6) is 0.311. The van der Waals surface area contributed by atoms with E-state index in [1.807, 2.05) is 13.0 Å². The lowest BCUT2D eigenvalue weighted by atomic mass is 10.2. The smallest absolute Gasteiger partial charge is 0.148 e. The molecule has 0 spiro atoms. The van der Waals surface area contributed by atoms with Gasteiger partial charge in [0, 0.05) is 6.07 Å². The number of aryl methyl sites for hydroxylation is 1. The van der Waals surface area contributed by atoms with Crippen LogP contribution in [0.2, 0.25) is 0 Å². The molecule has 0 unspecified atom stereocenters. The molecule has 1 aromatic carbocycles. The number of aromatic nitrogens is 1. The molecule has 2 aromatic rings. The second-order valence-electron chi connectivity index (χ2n) is 3.48. The van der Waals surface area contributed by atoms with Gasteiger partial charge in [0.1, 0.15) is 17.3 Å². The first-order chi connectivity index (χ1) is 7.66. The van der Waals surface area contributed by atoms with E-state index in [2.05, 4.69) is 10.5 Å². The summed E-state index contributed by atoms with van der Waals surface area (Å²) in [4.78, 5) is 0. The molecule has 0 aliphatic carbocycles. The van der Waals surface area contributed by atoms with Crippen LogP contribution in [0, 0.1) is 12.7 Å². The maximum Gasteiger partial charge on any atom is 0.148 e. The number of nitrogen functional groups attached to an aromatic ring is 1. The van der Waals surface area contributed by atoms with Gasteiger partial charge in [-0.1, -0.05) is 11.2 Å². The summed E-state index contributed by atoms with van der Waals surface area (Å²) in [5, 5.41) is 6.81. The molecule has 1 heterocycles. The lowest BCUT2D eigenvalue weighted by Crippen LogP contribution is -2.03. The first-order valence-corrected chi connectivity index (χ1v) is 4.87. The number of anilines is 2. The lowest BCUT2D eigenvalue weighted by Gasteiger charge is -2.07. The number of halogens is 1. The van der Waals surface area contributed by atoms with Crippen molar-refractivity contribution in [2.45, 2.75) is 13.5 Å². The van der Waals surface area contributed by atoms with E-state index in [0.717, 1.165) is 11.5 Å². The summed E-state index contributed by atoms with van der Waals surface area (Å²) in [6.07, 6.45) is 0. The molecule has 0 aliphatic rings. The summed E-state index contributed by atoms with van der Waals surface area (Å²) in [6.45, 7) is 2.26. The highest BCUT2D eigenvalue weighted by Crippen LogP contribution is 2.21. The molecular weight excluding hydrogens is 209 g/mol. The Balaban J connectivity index is 2.07. The number of hydrogen-bond donors (Lipinski definition) is 2.